The standard InChI is InChI=1S/C35H36BrN3O3/c1-24(2)22-37-34(41)31(21-25-9-4-3-5-10-25)39(23-26-16-18-28(36)19-17-26)32(40)15-8-20-38-30-14-7-12-27-11-6-13-29(33(27)30)35(38)42/h3-7,9-14,16-19,24,31H,8,15,20-23H2,1-2H3,(H,37,41)/t31-/m0/s1. The van der Waals surface area contributed by atoms with Gasteiger partial charge in [-0.15, -0.1) is 0 Å². The quantitative estimate of drug-likeness (QED) is 0.189. The summed E-state index contributed by atoms with van der Waals surface area (Å²) < 4.78 is 0.950. The molecule has 1 aliphatic rings. The third-order valence-electron chi connectivity index (χ3n) is 7.64. The molecule has 7 heteroatoms. The molecule has 1 atom stereocenters. The van der Waals surface area contributed by atoms with Crippen LogP contribution in [0.2, 0.25) is 0 Å². The van der Waals surface area contributed by atoms with Gasteiger partial charge in [0.2, 0.25) is 11.8 Å². The van der Waals surface area contributed by atoms with Crippen LogP contribution >= 0.6 is 15.9 Å². The van der Waals surface area contributed by atoms with Gasteiger partial charge in [0.25, 0.3) is 5.91 Å². The molecule has 1 heterocycles. The lowest BCUT2D eigenvalue weighted by Crippen LogP contribution is -2.51. The van der Waals surface area contributed by atoms with E-state index in [1.54, 1.807) is 9.80 Å². The zero-order valence-corrected chi connectivity index (χ0v) is 25.6. The van der Waals surface area contributed by atoms with Crippen molar-refractivity contribution in [3.63, 3.8) is 0 Å². The van der Waals surface area contributed by atoms with Crippen LogP contribution in [0, 0.1) is 5.92 Å². The van der Waals surface area contributed by atoms with Gasteiger partial charge in [0, 0.05) is 47.9 Å². The lowest BCUT2D eigenvalue weighted by Gasteiger charge is -2.32. The van der Waals surface area contributed by atoms with Gasteiger partial charge in [-0.2, -0.15) is 0 Å². The van der Waals surface area contributed by atoms with E-state index in [4.69, 9.17) is 0 Å². The fraction of sp³-hybridized carbons (Fsp3) is 0.286. The van der Waals surface area contributed by atoms with Crippen LogP contribution in [0.4, 0.5) is 5.69 Å². The molecule has 4 aromatic rings. The van der Waals surface area contributed by atoms with Gasteiger partial charge >= 0.3 is 0 Å². The zero-order chi connectivity index (χ0) is 29.6. The van der Waals surface area contributed by atoms with Crippen molar-refractivity contribution in [1.82, 2.24) is 10.2 Å². The van der Waals surface area contributed by atoms with Gasteiger partial charge < -0.3 is 15.1 Å². The van der Waals surface area contributed by atoms with Gasteiger partial charge in [-0.25, -0.2) is 0 Å². The highest BCUT2D eigenvalue weighted by atomic mass is 79.9. The Morgan fingerprint density at radius 1 is 0.881 bits per heavy atom. The van der Waals surface area contributed by atoms with Crippen molar-refractivity contribution in [2.24, 2.45) is 5.92 Å². The Hall–Kier alpha value is -3.97. The number of nitrogens with zero attached hydrogens (tertiary/aromatic N) is 2. The van der Waals surface area contributed by atoms with Crippen molar-refractivity contribution >= 4 is 50.1 Å². The molecule has 0 radical (unpaired) electrons. The highest BCUT2D eigenvalue weighted by Gasteiger charge is 2.32. The topological polar surface area (TPSA) is 69.7 Å². The molecule has 42 heavy (non-hydrogen) atoms. The van der Waals surface area contributed by atoms with Crippen molar-refractivity contribution < 1.29 is 14.4 Å². The van der Waals surface area contributed by atoms with E-state index in [-0.39, 0.29) is 30.1 Å². The van der Waals surface area contributed by atoms with Gasteiger partial charge in [-0.05, 0) is 53.1 Å². The van der Waals surface area contributed by atoms with Gasteiger partial charge in [0.1, 0.15) is 6.04 Å². The molecule has 0 aliphatic carbocycles. The number of hydrogen-bond acceptors (Lipinski definition) is 3. The number of carbonyl (C=O) groups excluding carboxylic acids is 3. The third-order valence-corrected chi connectivity index (χ3v) is 8.17. The Morgan fingerprint density at radius 2 is 1.60 bits per heavy atom. The average Bonchev–Trinajstić information content (AvgIpc) is 3.27. The average molecular weight is 627 g/mol. The first-order valence-electron chi connectivity index (χ1n) is 14.5. The van der Waals surface area contributed by atoms with Crippen LogP contribution in [0.5, 0.6) is 0 Å². The minimum absolute atomic E-state index is 0.0315. The summed E-state index contributed by atoms with van der Waals surface area (Å²) in [6.07, 6.45) is 1.11. The molecule has 0 saturated carbocycles. The monoisotopic (exact) mass is 625 g/mol. The number of nitrogens with one attached hydrogen (secondary N) is 1. The Bertz CT molecular complexity index is 1560. The van der Waals surface area contributed by atoms with E-state index in [2.05, 4.69) is 35.1 Å². The van der Waals surface area contributed by atoms with Crippen molar-refractivity contribution in [2.45, 2.75) is 45.7 Å². The lowest BCUT2D eigenvalue weighted by molar-refractivity contribution is -0.141. The van der Waals surface area contributed by atoms with Gasteiger partial charge in [-0.1, -0.05) is 96.5 Å². The number of hydrogen-bond donors (Lipinski definition) is 1. The molecule has 216 valence electrons. The molecule has 6 nitrogen and oxygen atoms in total. The number of amides is 3. The first-order chi connectivity index (χ1) is 20.3. The van der Waals surface area contributed by atoms with Crippen molar-refractivity contribution in [3.05, 3.63) is 112 Å². The van der Waals surface area contributed by atoms with Crippen LogP contribution in [0.15, 0.2) is 95.5 Å². The first-order valence-corrected chi connectivity index (χ1v) is 15.3. The molecule has 3 amide bonds. The van der Waals surface area contributed by atoms with Crippen LogP contribution in [-0.4, -0.2) is 41.8 Å². The Kier molecular flexibility index (Phi) is 9.38. The molecular weight excluding hydrogens is 590 g/mol. The number of rotatable bonds is 12. The molecule has 0 bridgehead atoms. The summed E-state index contributed by atoms with van der Waals surface area (Å²) in [4.78, 5) is 44.4. The third kappa shape index (κ3) is 6.73. The summed E-state index contributed by atoms with van der Waals surface area (Å²) in [5.74, 6) is -0.0136. The van der Waals surface area contributed by atoms with E-state index in [1.807, 2.05) is 91.0 Å². The molecule has 0 unspecified atom stereocenters. The molecule has 0 spiro atoms. The van der Waals surface area contributed by atoms with E-state index in [9.17, 15) is 14.4 Å². The molecule has 1 aliphatic heterocycles. The van der Waals surface area contributed by atoms with Crippen molar-refractivity contribution in [1.29, 1.82) is 0 Å². The fourth-order valence-corrected chi connectivity index (χ4v) is 5.76. The zero-order valence-electron chi connectivity index (χ0n) is 24.1. The number of benzene rings is 4. The predicted octanol–water partition coefficient (Wildman–Crippen LogP) is 6.76. The first kappa shape index (κ1) is 29.5. The molecule has 1 N–H and O–H groups in total. The number of anilines is 1. The maximum Gasteiger partial charge on any atom is 0.258 e. The van der Waals surface area contributed by atoms with Gasteiger partial charge in [-0.3, -0.25) is 14.4 Å². The normalized spacial score (nSPS) is 13.0. The van der Waals surface area contributed by atoms with E-state index < -0.39 is 6.04 Å². The maximum atomic E-state index is 14.0. The molecule has 0 saturated heterocycles. The molecule has 4 aromatic carbocycles. The second kappa shape index (κ2) is 13.3. The SMILES string of the molecule is CC(C)CNC(=O)[C@H](Cc1ccccc1)N(Cc1ccc(Br)cc1)C(=O)CCCN1C(=O)c2cccc3cccc1c23. The van der Waals surface area contributed by atoms with E-state index in [0.717, 1.165) is 32.1 Å². The van der Waals surface area contributed by atoms with E-state index >= 15 is 0 Å². The van der Waals surface area contributed by atoms with Crippen LogP contribution < -0.4 is 10.2 Å². The van der Waals surface area contributed by atoms with E-state index in [1.165, 1.54) is 0 Å². The fourth-order valence-electron chi connectivity index (χ4n) is 5.50. The molecule has 0 fully saturated rings. The highest BCUT2D eigenvalue weighted by Crippen LogP contribution is 2.37. The minimum Gasteiger partial charge on any atom is -0.354 e. The van der Waals surface area contributed by atoms with Crippen molar-refractivity contribution in [3.8, 4) is 0 Å². The highest BCUT2D eigenvalue weighted by molar-refractivity contribution is 9.10. The van der Waals surface area contributed by atoms with Crippen molar-refractivity contribution in [2.75, 3.05) is 18.0 Å². The molecule has 5 rings (SSSR count). The summed E-state index contributed by atoms with van der Waals surface area (Å²) in [7, 11) is 0. The summed E-state index contributed by atoms with van der Waals surface area (Å²) >= 11 is 3.49. The summed E-state index contributed by atoms with van der Waals surface area (Å²) in [6, 6.07) is 28.7. The predicted molar refractivity (Wildman–Crippen MR) is 171 cm³/mol. The smallest absolute Gasteiger partial charge is 0.258 e. The second-order valence-corrected chi connectivity index (χ2v) is 12.1. The van der Waals surface area contributed by atoms with Crippen LogP contribution in [0.25, 0.3) is 10.8 Å². The Labute approximate surface area is 255 Å². The number of carbonyl (C=O) groups is 3. The molecular formula is C35H36BrN3O3. The van der Waals surface area contributed by atoms with Gasteiger partial charge in [0.15, 0.2) is 0 Å². The Balaban J connectivity index is 1.37. The summed E-state index contributed by atoms with van der Waals surface area (Å²) in [5, 5.41) is 5.07. The largest absolute Gasteiger partial charge is 0.354 e. The second-order valence-electron chi connectivity index (χ2n) is 11.2. The molecule has 0 aromatic heterocycles. The number of halogens is 1. The van der Waals surface area contributed by atoms with Crippen LogP contribution in [0.1, 0.15) is 48.2 Å². The van der Waals surface area contributed by atoms with Crippen LogP contribution in [-0.2, 0) is 22.6 Å². The van der Waals surface area contributed by atoms with Crippen LogP contribution in [0.3, 0.4) is 0 Å². The lowest BCUT2D eigenvalue weighted by atomic mass is 10.0. The summed E-state index contributed by atoms with van der Waals surface area (Å²) in [5.41, 5.74) is 3.53. The Morgan fingerprint density at radius 3 is 2.31 bits per heavy atom. The summed E-state index contributed by atoms with van der Waals surface area (Å²) in [6.45, 7) is 5.37. The minimum atomic E-state index is -0.672. The van der Waals surface area contributed by atoms with E-state index in [0.29, 0.717) is 38.0 Å². The maximum absolute atomic E-state index is 14.0. The van der Waals surface area contributed by atoms with Gasteiger partial charge in [0.05, 0.1) is 5.69 Å².